The van der Waals surface area contributed by atoms with Gasteiger partial charge in [0.25, 0.3) is 0 Å². The number of ether oxygens (including phenoxy) is 1. The molecule has 3 aliphatic heterocycles. The molecular weight excluding hydrogens is 272 g/mol. The summed E-state index contributed by atoms with van der Waals surface area (Å²) in [6.45, 7) is 3.66. The van der Waals surface area contributed by atoms with Crippen LogP contribution in [0.3, 0.4) is 0 Å². The zero-order valence-corrected chi connectivity index (χ0v) is 13.5. The van der Waals surface area contributed by atoms with Crippen molar-refractivity contribution in [3.8, 4) is 5.75 Å². The van der Waals surface area contributed by atoms with Crippen LogP contribution in [0.25, 0.3) is 0 Å². The van der Waals surface area contributed by atoms with Gasteiger partial charge < -0.3 is 10.1 Å². The predicted molar refractivity (Wildman–Crippen MR) is 90.5 cm³/mol. The highest BCUT2D eigenvalue weighted by molar-refractivity contribution is 5.47. The van der Waals surface area contributed by atoms with Crippen molar-refractivity contribution in [3.05, 3.63) is 24.3 Å². The number of benzene rings is 1. The van der Waals surface area contributed by atoms with Gasteiger partial charge in [-0.1, -0.05) is 19.3 Å². The Bertz CT molecular complexity index is 473. The molecule has 4 aliphatic rings. The van der Waals surface area contributed by atoms with E-state index in [1.54, 1.807) is 0 Å². The number of nitrogens with zero attached hydrogens (tertiary/aromatic N) is 1. The average Bonchev–Trinajstić information content (AvgIpc) is 2.59. The van der Waals surface area contributed by atoms with E-state index in [-0.39, 0.29) is 0 Å². The van der Waals surface area contributed by atoms with Crippen LogP contribution in [0, 0.1) is 5.92 Å². The second kappa shape index (κ2) is 6.49. The molecule has 4 fully saturated rings. The Kier molecular flexibility index (Phi) is 4.24. The maximum atomic E-state index is 6.26. The van der Waals surface area contributed by atoms with Crippen molar-refractivity contribution < 1.29 is 4.74 Å². The molecule has 0 aromatic heterocycles. The fourth-order valence-corrected chi connectivity index (χ4v) is 4.33. The van der Waals surface area contributed by atoms with Gasteiger partial charge in [0.1, 0.15) is 11.9 Å². The lowest BCUT2D eigenvalue weighted by Crippen LogP contribution is -2.52. The molecule has 0 spiro atoms. The van der Waals surface area contributed by atoms with Gasteiger partial charge in [-0.2, -0.15) is 0 Å². The van der Waals surface area contributed by atoms with Gasteiger partial charge in [0.15, 0.2) is 0 Å². The quantitative estimate of drug-likeness (QED) is 0.912. The van der Waals surface area contributed by atoms with E-state index in [9.17, 15) is 0 Å². The second-order valence-corrected chi connectivity index (χ2v) is 7.30. The molecule has 3 heteroatoms. The van der Waals surface area contributed by atoms with E-state index < -0.39 is 0 Å². The summed E-state index contributed by atoms with van der Waals surface area (Å²) in [6, 6.07) is 9.32. The molecule has 1 saturated carbocycles. The summed E-state index contributed by atoms with van der Waals surface area (Å²) < 4.78 is 6.26. The van der Waals surface area contributed by atoms with Crippen LogP contribution in [0.15, 0.2) is 24.3 Å². The number of hydrogen-bond acceptors (Lipinski definition) is 3. The molecule has 1 N–H and O–H groups in total. The molecule has 22 heavy (non-hydrogen) atoms. The molecule has 1 aromatic carbocycles. The first-order chi connectivity index (χ1) is 10.9. The van der Waals surface area contributed by atoms with Crippen molar-refractivity contribution in [3.63, 3.8) is 0 Å². The number of hydrogen-bond donors (Lipinski definition) is 1. The third-order valence-electron chi connectivity index (χ3n) is 5.71. The van der Waals surface area contributed by atoms with Gasteiger partial charge in [-0.15, -0.1) is 0 Å². The number of fused-ring (bicyclic) bond motifs is 3. The molecule has 1 aromatic rings. The molecule has 1 aliphatic carbocycles. The normalized spacial score (nSPS) is 31.9. The molecule has 120 valence electrons. The van der Waals surface area contributed by atoms with Crippen molar-refractivity contribution in [2.24, 2.45) is 5.92 Å². The minimum absolute atomic E-state index is 0.402. The molecule has 2 bridgehead atoms. The summed E-state index contributed by atoms with van der Waals surface area (Å²) in [6.07, 6.45) is 9.81. The summed E-state index contributed by atoms with van der Waals surface area (Å²) in [4.78, 5) is 2.55. The van der Waals surface area contributed by atoms with E-state index >= 15 is 0 Å². The number of piperidine rings is 3. The van der Waals surface area contributed by atoms with Crippen molar-refractivity contribution in [1.29, 1.82) is 0 Å². The molecule has 3 saturated heterocycles. The van der Waals surface area contributed by atoms with E-state index in [0.29, 0.717) is 12.1 Å². The van der Waals surface area contributed by atoms with Crippen LogP contribution in [0.2, 0.25) is 0 Å². The fraction of sp³-hybridized carbons (Fsp3) is 0.684. The Morgan fingerprint density at radius 3 is 2.27 bits per heavy atom. The lowest BCUT2D eigenvalue weighted by atomic mass is 9.86. The standard InChI is InChI=1S/C19H28N2O/c1-2-4-16(5-3-1)20-17-6-8-18(9-7-17)22-19-14-21-12-10-15(19)11-13-21/h6-9,15-16,19-20H,1-5,10-14H2. The lowest BCUT2D eigenvalue weighted by Gasteiger charge is -2.44. The van der Waals surface area contributed by atoms with Gasteiger partial charge in [0, 0.05) is 18.3 Å². The van der Waals surface area contributed by atoms with Crippen LogP contribution in [0.4, 0.5) is 5.69 Å². The smallest absolute Gasteiger partial charge is 0.119 e. The third-order valence-corrected chi connectivity index (χ3v) is 5.71. The third kappa shape index (κ3) is 3.24. The van der Waals surface area contributed by atoms with E-state index in [2.05, 4.69) is 34.5 Å². The van der Waals surface area contributed by atoms with E-state index in [1.165, 1.54) is 63.7 Å². The number of nitrogens with one attached hydrogen (secondary N) is 1. The summed E-state index contributed by atoms with van der Waals surface area (Å²) in [5, 5.41) is 3.67. The molecule has 0 amide bonds. The van der Waals surface area contributed by atoms with E-state index in [1.807, 2.05) is 0 Å². The largest absolute Gasteiger partial charge is 0.489 e. The topological polar surface area (TPSA) is 24.5 Å². The summed E-state index contributed by atoms with van der Waals surface area (Å²) in [5.41, 5.74) is 1.24. The van der Waals surface area contributed by atoms with Crippen molar-refractivity contribution in [2.45, 2.75) is 57.1 Å². The Morgan fingerprint density at radius 2 is 1.64 bits per heavy atom. The van der Waals surface area contributed by atoms with Crippen LogP contribution >= 0.6 is 0 Å². The SMILES string of the molecule is c1cc(OC2CN3CCC2CC3)ccc1NC1CCCCC1. The van der Waals surface area contributed by atoms with E-state index in [0.717, 1.165) is 18.2 Å². The zero-order valence-electron chi connectivity index (χ0n) is 13.5. The minimum atomic E-state index is 0.402. The van der Waals surface area contributed by atoms with Crippen LogP contribution < -0.4 is 10.1 Å². The molecule has 1 atom stereocenters. The Morgan fingerprint density at radius 1 is 0.909 bits per heavy atom. The first kappa shape index (κ1) is 14.4. The Labute approximate surface area is 134 Å². The van der Waals surface area contributed by atoms with E-state index in [4.69, 9.17) is 4.74 Å². The van der Waals surface area contributed by atoms with Gasteiger partial charge in [0.05, 0.1) is 0 Å². The van der Waals surface area contributed by atoms with Crippen molar-refractivity contribution >= 4 is 5.69 Å². The van der Waals surface area contributed by atoms with Gasteiger partial charge in [-0.05, 0) is 69.0 Å². The Hall–Kier alpha value is -1.22. The monoisotopic (exact) mass is 300 g/mol. The zero-order chi connectivity index (χ0) is 14.8. The molecule has 3 heterocycles. The second-order valence-electron chi connectivity index (χ2n) is 7.30. The first-order valence-electron chi connectivity index (χ1n) is 9.12. The first-order valence-corrected chi connectivity index (χ1v) is 9.12. The van der Waals surface area contributed by atoms with Crippen LogP contribution in [0.5, 0.6) is 5.75 Å². The van der Waals surface area contributed by atoms with Gasteiger partial charge >= 0.3 is 0 Å². The highest BCUT2D eigenvalue weighted by Crippen LogP contribution is 2.31. The van der Waals surface area contributed by atoms with Crippen LogP contribution in [-0.2, 0) is 0 Å². The maximum absolute atomic E-state index is 6.26. The van der Waals surface area contributed by atoms with Gasteiger partial charge in [-0.3, -0.25) is 4.90 Å². The molecule has 5 rings (SSSR count). The fourth-order valence-electron chi connectivity index (χ4n) is 4.33. The van der Waals surface area contributed by atoms with Crippen LogP contribution in [0.1, 0.15) is 44.9 Å². The minimum Gasteiger partial charge on any atom is -0.489 e. The average molecular weight is 300 g/mol. The lowest BCUT2D eigenvalue weighted by molar-refractivity contribution is -0.00775. The van der Waals surface area contributed by atoms with Gasteiger partial charge in [-0.25, -0.2) is 0 Å². The highest BCUT2D eigenvalue weighted by atomic mass is 16.5. The molecule has 1 unspecified atom stereocenters. The van der Waals surface area contributed by atoms with Crippen LogP contribution in [-0.4, -0.2) is 36.7 Å². The Balaban J connectivity index is 1.33. The van der Waals surface area contributed by atoms with Crippen molar-refractivity contribution in [1.82, 2.24) is 4.90 Å². The highest BCUT2D eigenvalue weighted by Gasteiger charge is 2.35. The predicted octanol–water partition coefficient (Wildman–Crippen LogP) is 3.90. The summed E-state index contributed by atoms with van der Waals surface area (Å²) in [7, 11) is 0. The molecular formula is C19H28N2O. The molecule has 3 nitrogen and oxygen atoms in total. The summed E-state index contributed by atoms with van der Waals surface area (Å²) >= 11 is 0. The van der Waals surface area contributed by atoms with Crippen molar-refractivity contribution in [2.75, 3.05) is 25.0 Å². The summed E-state index contributed by atoms with van der Waals surface area (Å²) in [5.74, 6) is 1.80. The number of anilines is 1. The van der Waals surface area contributed by atoms with Gasteiger partial charge in [0.2, 0.25) is 0 Å². The number of rotatable bonds is 4. The molecule has 0 radical (unpaired) electrons. The maximum Gasteiger partial charge on any atom is 0.119 e.